The third-order valence-electron chi connectivity index (χ3n) is 4.40. The van der Waals surface area contributed by atoms with Crippen LogP contribution in [0.3, 0.4) is 0 Å². The monoisotopic (exact) mass is 279 g/mol. The van der Waals surface area contributed by atoms with Crippen molar-refractivity contribution in [1.29, 1.82) is 0 Å². The van der Waals surface area contributed by atoms with Gasteiger partial charge in [-0.1, -0.05) is 0 Å². The first-order valence-electron chi connectivity index (χ1n) is 7.71. The van der Waals surface area contributed by atoms with Crippen molar-refractivity contribution in [3.05, 3.63) is 18.0 Å². The Morgan fingerprint density at radius 3 is 3.05 bits per heavy atom. The van der Waals surface area contributed by atoms with Crippen LogP contribution in [0.15, 0.2) is 12.4 Å². The van der Waals surface area contributed by atoms with Crippen molar-refractivity contribution in [2.45, 2.75) is 51.0 Å². The number of nitrogens with zero attached hydrogens (tertiary/aromatic N) is 3. The minimum absolute atomic E-state index is 0.301. The van der Waals surface area contributed by atoms with Gasteiger partial charge in [-0.2, -0.15) is 5.10 Å². The fraction of sp³-hybridized carbons (Fsp3) is 0.800. The Balaban J connectivity index is 1.54. The van der Waals surface area contributed by atoms with Crippen LogP contribution >= 0.6 is 0 Å². The molecule has 0 spiro atoms. The molecule has 5 heteroatoms. The van der Waals surface area contributed by atoms with Gasteiger partial charge in [0.2, 0.25) is 0 Å². The van der Waals surface area contributed by atoms with E-state index in [4.69, 9.17) is 9.47 Å². The Kier molecular flexibility index (Phi) is 4.38. The molecular formula is C15H25N3O2. The molecule has 0 saturated carbocycles. The van der Waals surface area contributed by atoms with Gasteiger partial charge in [0.15, 0.2) is 0 Å². The van der Waals surface area contributed by atoms with Gasteiger partial charge in [-0.25, -0.2) is 0 Å². The van der Waals surface area contributed by atoms with Crippen LogP contribution in [0.4, 0.5) is 0 Å². The third-order valence-corrected chi connectivity index (χ3v) is 4.40. The quantitative estimate of drug-likeness (QED) is 0.820. The lowest BCUT2D eigenvalue weighted by molar-refractivity contribution is -0.0985. The summed E-state index contributed by atoms with van der Waals surface area (Å²) in [5, 5.41) is 4.25. The Labute approximate surface area is 120 Å². The summed E-state index contributed by atoms with van der Waals surface area (Å²) in [6.07, 6.45) is 8.26. The van der Waals surface area contributed by atoms with Crippen molar-refractivity contribution in [2.75, 3.05) is 19.8 Å². The molecule has 2 aliphatic rings. The molecule has 1 aromatic heterocycles. The molecule has 0 aliphatic carbocycles. The first-order chi connectivity index (χ1) is 9.76. The van der Waals surface area contributed by atoms with E-state index in [1.165, 1.54) is 12.0 Å². The van der Waals surface area contributed by atoms with Crippen molar-refractivity contribution < 1.29 is 9.47 Å². The van der Waals surface area contributed by atoms with Crippen LogP contribution in [-0.2, 0) is 23.1 Å². The summed E-state index contributed by atoms with van der Waals surface area (Å²) in [4.78, 5) is 2.55. The molecule has 1 aromatic rings. The van der Waals surface area contributed by atoms with Gasteiger partial charge in [0, 0.05) is 44.5 Å². The van der Waals surface area contributed by atoms with Crippen molar-refractivity contribution >= 4 is 0 Å². The summed E-state index contributed by atoms with van der Waals surface area (Å²) < 4.78 is 13.6. The normalized spacial score (nSPS) is 30.6. The zero-order valence-electron chi connectivity index (χ0n) is 12.5. The lowest BCUT2D eigenvalue weighted by atomic mass is 9.99. The smallest absolute Gasteiger partial charge is 0.0813 e. The van der Waals surface area contributed by atoms with E-state index in [1.54, 1.807) is 0 Å². The highest BCUT2D eigenvalue weighted by molar-refractivity contribution is 5.05. The number of aromatic nitrogens is 2. The Morgan fingerprint density at radius 2 is 2.30 bits per heavy atom. The zero-order valence-corrected chi connectivity index (χ0v) is 12.5. The molecule has 3 rings (SSSR count). The molecule has 2 aliphatic heterocycles. The average molecular weight is 279 g/mol. The highest BCUT2D eigenvalue weighted by atomic mass is 16.5. The van der Waals surface area contributed by atoms with Crippen LogP contribution in [0.2, 0.25) is 0 Å². The highest BCUT2D eigenvalue weighted by Crippen LogP contribution is 2.32. The standard InChI is InChI=1S/C15H25N3O2/c1-3-19-11-13-4-5-14-15(20-13)6-7-18(14)10-12-8-16-17(2)9-12/h8-9,13-15H,3-7,10-11H2,1-2H3/t13-,14-,15-/m0/s1. The Morgan fingerprint density at radius 1 is 1.40 bits per heavy atom. The maximum atomic E-state index is 6.20. The van der Waals surface area contributed by atoms with Gasteiger partial charge < -0.3 is 9.47 Å². The molecule has 0 bridgehead atoms. The van der Waals surface area contributed by atoms with Gasteiger partial charge in [-0.05, 0) is 26.2 Å². The van der Waals surface area contributed by atoms with Gasteiger partial charge in [0.25, 0.3) is 0 Å². The zero-order chi connectivity index (χ0) is 13.9. The molecule has 0 N–H and O–H groups in total. The van der Waals surface area contributed by atoms with Crippen LogP contribution in [0, 0.1) is 0 Å². The molecule has 0 aromatic carbocycles. The molecule has 0 amide bonds. The van der Waals surface area contributed by atoms with Crippen LogP contribution in [0.1, 0.15) is 31.7 Å². The lowest BCUT2D eigenvalue weighted by Gasteiger charge is -2.35. The van der Waals surface area contributed by atoms with E-state index in [-0.39, 0.29) is 0 Å². The number of aryl methyl sites for hydroxylation is 1. The molecule has 0 radical (unpaired) electrons. The van der Waals surface area contributed by atoms with E-state index in [1.807, 2.05) is 24.9 Å². The maximum Gasteiger partial charge on any atom is 0.0813 e. The topological polar surface area (TPSA) is 39.5 Å². The number of ether oxygens (including phenoxy) is 2. The van der Waals surface area contributed by atoms with Crippen LogP contribution in [0.5, 0.6) is 0 Å². The van der Waals surface area contributed by atoms with Crippen molar-refractivity contribution in [2.24, 2.45) is 7.05 Å². The van der Waals surface area contributed by atoms with E-state index in [0.717, 1.165) is 39.1 Å². The fourth-order valence-corrected chi connectivity index (χ4v) is 3.44. The number of hydrogen-bond acceptors (Lipinski definition) is 4. The summed E-state index contributed by atoms with van der Waals surface area (Å²) in [6, 6.07) is 0.577. The van der Waals surface area contributed by atoms with Crippen LogP contribution in [0.25, 0.3) is 0 Å². The van der Waals surface area contributed by atoms with Gasteiger partial charge in [0.1, 0.15) is 0 Å². The number of likely N-dealkylation sites (tertiary alicyclic amines) is 1. The van der Waals surface area contributed by atoms with Crippen molar-refractivity contribution in [3.8, 4) is 0 Å². The molecule has 2 saturated heterocycles. The number of fused-ring (bicyclic) bond motifs is 1. The summed E-state index contributed by atoms with van der Waals surface area (Å²) in [5.41, 5.74) is 1.30. The number of rotatable bonds is 5. The lowest BCUT2D eigenvalue weighted by Crippen LogP contribution is -2.43. The molecule has 3 heterocycles. The summed E-state index contributed by atoms with van der Waals surface area (Å²) in [7, 11) is 1.97. The van der Waals surface area contributed by atoms with E-state index in [0.29, 0.717) is 18.2 Å². The Bertz CT molecular complexity index is 435. The highest BCUT2D eigenvalue weighted by Gasteiger charge is 2.39. The largest absolute Gasteiger partial charge is 0.379 e. The third kappa shape index (κ3) is 3.05. The van der Waals surface area contributed by atoms with E-state index < -0.39 is 0 Å². The average Bonchev–Trinajstić information content (AvgIpc) is 3.04. The fourth-order valence-electron chi connectivity index (χ4n) is 3.44. The van der Waals surface area contributed by atoms with E-state index in [2.05, 4.69) is 16.2 Å². The van der Waals surface area contributed by atoms with Gasteiger partial charge in [0.05, 0.1) is 25.0 Å². The first-order valence-corrected chi connectivity index (χ1v) is 7.71. The summed E-state index contributed by atoms with van der Waals surface area (Å²) in [5.74, 6) is 0. The second-order valence-electron chi connectivity index (χ2n) is 5.88. The van der Waals surface area contributed by atoms with E-state index in [9.17, 15) is 0 Å². The number of hydrogen-bond donors (Lipinski definition) is 0. The minimum Gasteiger partial charge on any atom is -0.379 e. The molecule has 3 atom stereocenters. The van der Waals surface area contributed by atoms with E-state index >= 15 is 0 Å². The molecule has 20 heavy (non-hydrogen) atoms. The first kappa shape index (κ1) is 14.0. The second kappa shape index (κ2) is 6.24. The van der Waals surface area contributed by atoms with Gasteiger partial charge in [-0.3, -0.25) is 9.58 Å². The van der Waals surface area contributed by atoms with Gasteiger partial charge >= 0.3 is 0 Å². The predicted molar refractivity (Wildman–Crippen MR) is 76.4 cm³/mol. The molecule has 112 valence electrons. The SMILES string of the molecule is CCOC[C@@H]1CC[C@H]2[C@H](CCN2Cc2cnn(C)c2)O1. The maximum absolute atomic E-state index is 6.20. The second-order valence-corrected chi connectivity index (χ2v) is 5.88. The Hall–Kier alpha value is -0.910. The van der Waals surface area contributed by atoms with Crippen LogP contribution < -0.4 is 0 Å². The molecule has 0 unspecified atom stereocenters. The summed E-state index contributed by atoms with van der Waals surface area (Å²) >= 11 is 0. The molecule has 2 fully saturated rings. The molecular weight excluding hydrogens is 254 g/mol. The van der Waals surface area contributed by atoms with Crippen molar-refractivity contribution in [1.82, 2.24) is 14.7 Å². The predicted octanol–water partition coefficient (Wildman–Crippen LogP) is 1.58. The van der Waals surface area contributed by atoms with Gasteiger partial charge in [-0.15, -0.1) is 0 Å². The van der Waals surface area contributed by atoms with Crippen molar-refractivity contribution in [3.63, 3.8) is 0 Å². The molecule has 5 nitrogen and oxygen atoms in total. The summed E-state index contributed by atoms with van der Waals surface area (Å²) in [6.45, 7) is 5.69. The minimum atomic E-state index is 0.301. The van der Waals surface area contributed by atoms with Crippen LogP contribution in [-0.4, -0.2) is 52.7 Å².